The van der Waals surface area contributed by atoms with E-state index in [-0.39, 0.29) is 5.78 Å². The second-order valence-corrected chi connectivity index (χ2v) is 4.74. The van der Waals surface area contributed by atoms with Crippen LogP contribution in [0.1, 0.15) is 22.8 Å². The number of carbonyl (C=O) groups is 1. The summed E-state index contributed by atoms with van der Waals surface area (Å²) < 4.78 is 2.96. The molecule has 2 aromatic rings. The van der Waals surface area contributed by atoms with Crippen LogP contribution >= 0.6 is 15.9 Å². The minimum absolute atomic E-state index is 0.0995. The summed E-state index contributed by atoms with van der Waals surface area (Å²) in [6, 6.07) is 3.93. The van der Waals surface area contributed by atoms with Crippen LogP contribution in [0.3, 0.4) is 0 Å². The van der Waals surface area contributed by atoms with Gasteiger partial charge in [-0.25, -0.2) is 0 Å². The molecule has 0 aliphatic heterocycles. The Morgan fingerprint density at radius 3 is 2.67 bits per heavy atom. The van der Waals surface area contributed by atoms with E-state index in [2.05, 4.69) is 28.9 Å². The molecule has 2 rings (SSSR count). The number of nitrogens with zero attached hydrogens (tertiary/aromatic N) is 1. The monoisotopic (exact) mass is 265 g/mol. The zero-order valence-electron chi connectivity index (χ0n) is 8.97. The summed E-state index contributed by atoms with van der Waals surface area (Å²) in [5.74, 6) is 0.0995. The summed E-state index contributed by atoms with van der Waals surface area (Å²) in [5, 5.41) is 1.14. The van der Waals surface area contributed by atoms with Crippen molar-refractivity contribution in [3.05, 3.63) is 33.9 Å². The van der Waals surface area contributed by atoms with Crippen molar-refractivity contribution in [3.8, 4) is 0 Å². The van der Waals surface area contributed by atoms with Gasteiger partial charge in [-0.05, 0) is 31.5 Å². The Hall–Kier alpha value is -1.09. The molecule has 0 N–H and O–H groups in total. The molecule has 1 aromatic heterocycles. The maximum Gasteiger partial charge on any atom is 0.161 e. The van der Waals surface area contributed by atoms with E-state index in [9.17, 15) is 4.79 Å². The van der Waals surface area contributed by atoms with Crippen molar-refractivity contribution in [1.82, 2.24) is 4.57 Å². The Morgan fingerprint density at radius 2 is 2.07 bits per heavy atom. The first-order valence-electron chi connectivity index (χ1n) is 4.77. The minimum atomic E-state index is 0.0995. The van der Waals surface area contributed by atoms with Gasteiger partial charge in [-0.3, -0.25) is 4.79 Å². The summed E-state index contributed by atoms with van der Waals surface area (Å²) in [4.78, 5) is 11.5. The molecule has 0 aliphatic carbocycles. The van der Waals surface area contributed by atoms with E-state index in [1.165, 1.54) is 5.56 Å². The number of hydrogen-bond acceptors (Lipinski definition) is 1. The van der Waals surface area contributed by atoms with E-state index in [0.717, 1.165) is 20.9 Å². The summed E-state index contributed by atoms with van der Waals surface area (Å²) in [6.45, 7) is 3.65. The molecule has 3 heteroatoms. The lowest BCUT2D eigenvalue weighted by atomic mass is 10.1. The second-order valence-electron chi connectivity index (χ2n) is 3.83. The Kier molecular flexibility index (Phi) is 2.43. The van der Waals surface area contributed by atoms with Gasteiger partial charge in [-0.15, -0.1) is 0 Å². The van der Waals surface area contributed by atoms with Gasteiger partial charge in [0.15, 0.2) is 5.78 Å². The molecule has 78 valence electrons. The van der Waals surface area contributed by atoms with Crippen LogP contribution in [0.5, 0.6) is 0 Å². The lowest BCUT2D eigenvalue weighted by Gasteiger charge is -2.03. The minimum Gasteiger partial charge on any atom is -0.350 e. The number of ketones is 1. The topological polar surface area (TPSA) is 22.0 Å². The summed E-state index contributed by atoms with van der Waals surface area (Å²) in [6.07, 6.45) is 2.05. The van der Waals surface area contributed by atoms with Crippen LogP contribution in [0.25, 0.3) is 10.9 Å². The fourth-order valence-corrected chi connectivity index (χ4v) is 2.43. The van der Waals surface area contributed by atoms with E-state index >= 15 is 0 Å². The maximum absolute atomic E-state index is 11.5. The normalized spacial score (nSPS) is 10.9. The van der Waals surface area contributed by atoms with Crippen molar-refractivity contribution in [3.63, 3.8) is 0 Å². The third-order valence-electron chi connectivity index (χ3n) is 2.62. The van der Waals surface area contributed by atoms with Crippen LogP contribution in [0.4, 0.5) is 0 Å². The molecule has 0 radical (unpaired) electrons. The van der Waals surface area contributed by atoms with Crippen molar-refractivity contribution in [2.45, 2.75) is 13.8 Å². The molecule has 0 saturated carbocycles. The molecule has 15 heavy (non-hydrogen) atoms. The van der Waals surface area contributed by atoms with Crippen molar-refractivity contribution < 1.29 is 4.79 Å². The average molecular weight is 266 g/mol. The number of Topliss-reactive ketones (excluding diaryl/α,β-unsaturated/α-hetero) is 1. The lowest BCUT2D eigenvalue weighted by Crippen LogP contribution is -1.97. The Balaban J connectivity index is 2.96. The van der Waals surface area contributed by atoms with Gasteiger partial charge in [0.25, 0.3) is 0 Å². The average Bonchev–Trinajstić information content (AvgIpc) is 2.41. The van der Waals surface area contributed by atoms with Gasteiger partial charge in [-0.1, -0.05) is 15.9 Å². The van der Waals surface area contributed by atoms with Gasteiger partial charge in [-0.2, -0.15) is 0 Å². The molecule has 2 nitrogen and oxygen atoms in total. The molecular formula is C12H12BrNO. The zero-order chi connectivity index (χ0) is 11.2. The molecular weight excluding hydrogens is 254 g/mol. The number of halogens is 1. The highest BCUT2D eigenvalue weighted by atomic mass is 79.9. The second kappa shape index (κ2) is 3.49. The summed E-state index contributed by atoms with van der Waals surface area (Å²) in [7, 11) is 1.97. The first-order chi connectivity index (χ1) is 7.00. The van der Waals surface area contributed by atoms with Crippen LogP contribution < -0.4 is 0 Å². The van der Waals surface area contributed by atoms with Gasteiger partial charge >= 0.3 is 0 Å². The summed E-state index contributed by atoms with van der Waals surface area (Å²) >= 11 is 3.43. The predicted octanol–water partition coefficient (Wildman–Crippen LogP) is 3.45. The van der Waals surface area contributed by atoms with Gasteiger partial charge < -0.3 is 4.57 Å². The number of aromatic nitrogens is 1. The third-order valence-corrected chi connectivity index (χ3v) is 3.08. The lowest BCUT2D eigenvalue weighted by molar-refractivity contribution is 0.101. The van der Waals surface area contributed by atoms with Crippen LogP contribution in [0.15, 0.2) is 22.8 Å². The standard InChI is InChI=1S/C12H12BrNO/c1-7-6-14(3)12-10(7)4-9(13)5-11(12)8(2)15/h4-6H,1-3H3. The Bertz CT molecular complexity index is 554. The first kappa shape index (κ1) is 10.4. The molecule has 1 heterocycles. The van der Waals surface area contributed by atoms with E-state index < -0.39 is 0 Å². The molecule has 0 unspecified atom stereocenters. The smallest absolute Gasteiger partial charge is 0.161 e. The van der Waals surface area contributed by atoms with Crippen LogP contribution in [-0.2, 0) is 7.05 Å². The van der Waals surface area contributed by atoms with Crippen molar-refractivity contribution in [1.29, 1.82) is 0 Å². The van der Waals surface area contributed by atoms with Crippen molar-refractivity contribution in [2.24, 2.45) is 7.05 Å². The third kappa shape index (κ3) is 1.61. The van der Waals surface area contributed by atoms with E-state index in [1.54, 1.807) is 6.92 Å². The van der Waals surface area contributed by atoms with Gasteiger partial charge in [0.1, 0.15) is 0 Å². The number of rotatable bonds is 1. The Labute approximate surface area is 97.0 Å². The SMILES string of the molecule is CC(=O)c1cc(Br)cc2c(C)cn(C)c12. The quantitative estimate of drug-likeness (QED) is 0.724. The van der Waals surface area contributed by atoms with Crippen LogP contribution in [-0.4, -0.2) is 10.4 Å². The number of hydrogen-bond donors (Lipinski definition) is 0. The van der Waals surface area contributed by atoms with Gasteiger partial charge in [0.2, 0.25) is 0 Å². The van der Waals surface area contributed by atoms with Crippen molar-refractivity contribution in [2.75, 3.05) is 0 Å². The molecule has 0 saturated heterocycles. The fourth-order valence-electron chi connectivity index (χ4n) is 1.97. The molecule has 0 fully saturated rings. The van der Waals surface area contributed by atoms with E-state index in [1.807, 2.05) is 23.9 Å². The highest BCUT2D eigenvalue weighted by Crippen LogP contribution is 2.28. The molecule has 0 spiro atoms. The largest absolute Gasteiger partial charge is 0.350 e. The predicted molar refractivity (Wildman–Crippen MR) is 65.4 cm³/mol. The molecule has 1 aromatic carbocycles. The molecule has 0 aliphatic rings. The van der Waals surface area contributed by atoms with Crippen molar-refractivity contribution >= 4 is 32.6 Å². The maximum atomic E-state index is 11.5. The number of fused-ring (bicyclic) bond motifs is 1. The van der Waals surface area contributed by atoms with Gasteiger partial charge in [0, 0.05) is 28.7 Å². The van der Waals surface area contributed by atoms with E-state index in [4.69, 9.17) is 0 Å². The van der Waals surface area contributed by atoms with E-state index in [0.29, 0.717) is 0 Å². The zero-order valence-corrected chi connectivity index (χ0v) is 10.6. The highest BCUT2D eigenvalue weighted by Gasteiger charge is 2.12. The molecule has 0 bridgehead atoms. The van der Waals surface area contributed by atoms with Crippen LogP contribution in [0.2, 0.25) is 0 Å². The summed E-state index contributed by atoms with van der Waals surface area (Å²) in [5.41, 5.74) is 2.98. The Morgan fingerprint density at radius 1 is 1.40 bits per heavy atom. The number of benzene rings is 1. The number of carbonyl (C=O) groups excluding carboxylic acids is 1. The molecule has 0 amide bonds. The highest BCUT2D eigenvalue weighted by molar-refractivity contribution is 9.10. The molecule has 0 atom stereocenters. The van der Waals surface area contributed by atoms with Crippen LogP contribution in [0, 0.1) is 6.92 Å². The first-order valence-corrected chi connectivity index (χ1v) is 5.56. The van der Waals surface area contributed by atoms with Gasteiger partial charge in [0.05, 0.1) is 5.52 Å². The fraction of sp³-hybridized carbons (Fsp3) is 0.250. The number of aryl methyl sites for hydroxylation is 2.